The average Bonchev–Trinajstić information content (AvgIpc) is 2.35. The highest BCUT2D eigenvalue weighted by Gasteiger charge is 2.29. The lowest BCUT2D eigenvalue weighted by molar-refractivity contribution is -0.147. The Labute approximate surface area is 116 Å². The topological polar surface area (TPSA) is 74.6 Å². The largest absolute Gasteiger partial charge is 0.479 e. The maximum absolute atomic E-state index is 13.1. The number of halogens is 3. The predicted molar refractivity (Wildman–Crippen MR) is 66.3 cm³/mol. The van der Waals surface area contributed by atoms with Crippen molar-refractivity contribution in [1.29, 1.82) is 0 Å². The highest BCUT2D eigenvalue weighted by Crippen LogP contribution is 2.37. The number of carboxylic acid groups (broad SMARTS) is 1. The molecule has 1 rings (SSSR count). The minimum Gasteiger partial charge on any atom is -0.479 e. The van der Waals surface area contributed by atoms with Crippen LogP contribution in [0.1, 0.15) is 41.0 Å². The van der Waals surface area contributed by atoms with Crippen molar-refractivity contribution in [3.05, 3.63) is 34.9 Å². The summed E-state index contributed by atoms with van der Waals surface area (Å²) in [5.74, 6) is -2.03. The summed E-state index contributed by atoms with van der Waals surface area (Å²) >= 11 is 2.98. The summed E-state index contributed by atoms with van der Waals surface area (Å²) in [5.41, 5.74) is -1.08. The van der Waals surface area contributed by atoms with Crippen molar-refractivity contribution in [3.63, 3.8) is 0 Å². The van der Waals surface area contributed by atoms with Gasteiger partial charge in [0.1, 0.15) is 5.78 Å². The standard InChI is InChI=1S/C12H11BrF2O4/c1-5(16)9(13)6-3-2-4-7(8(6)11(14)15)10(17)12(18)19/h2-4,9-11,17H,1H3,(H,18,19). The van der Waals surface area contributed by atoms with Crippen molar-refractivity contribution >= 4 is 27.7 Å². The molecule has 0 aliphatic heterocycles. The highest BCUT2D eigenvalue weighted by molar-refractivity contribution is 9.09. The molecule has 0 radical (unpaired) electrons. The monoisotopic (exact) mass is 336 g/mol. The van der Waals surface area contributed by atoms with Crippen LogP contribution in [-0.4, -0.2) is 22.0 Å². The van der Waals surface area contributed by atoms with Gasteiger partial charge in [0.05, 0.1) is 4.83 Å². The first kappa shape index (κ1) is 15.7. The van der Waals surface area contributed by atoms with Crippen LogP contribution in [-0.2, 0) is 9.59 Å². The van der Waals surface area contributed by atoms with E-state index in [0.29, 0.717) is 0 Å². The Hall–Kier alpha value is -1.34. The fourth-order valence-corrected chi connectivity index (χ4v) is 2.06. The quantitative estimate of drug-likeness (QED) is 0.811. The third-order valence-corrected chi connectivity index (χ3v) is 3.69. The normalized spacial score (nSPS) is 14.2. The number of alkyl halides is 3. The molecule has 0 spiro atoms. The molecule has 19 heavy (non-hydrogen) atoms. The van der Waals surface area contributed by atoms with Crippen molar-refractivity contribution in [2.45, 2.75) is 24.3 Å². The van der Waals surface area contributed by atoms with Gasteiger partial charge in [0, 0.05) is 11.1 Å². The van der Waals surface area contributed by atoms with E-state index in [9.17, 15) is 23.5 Å². The number of aliphatic carboxylic acids is 1. The van der Waals surface area contributed by atoms with Gasteiger partial charge in [0.25, 0.3) is 6.43 Å². The molecule has 7 heteroatoms. The Kier molecular flexibility index (Phi) is 5.13. The summed E-state index contributed by atoms with van der Waals surface area (Å²) < 4.78 is 26.2. The summed E-state index contributed by atoms with van der Waals surface area (Å²) in [4.78, 5) is 21.0. The first-order valence-corrected chi connectivity index (χ1v) is 6.15. The lowest BCUT2D eigenvalue weighted by Gasteiger charge is -2.18. The molecular weight excluding hydrogens is 326 g/mol. The minimum atomic E-state index is -3.00. The number of carbonyl (C=O) groups is 2. The van der Waals surface area contributed by atoms with E-state index >= 15 is 0 Å². The van der Waals surface area contributed by atoms with E-state index in [1.54, 1.807) is 0 Å². The highest BCUT2D eigenvalue weighted by atomic mass is 79.9. The lowest BCUT2D eigenvalue weighted by atomic mass is 9.94. The summed E-state index contributed by atoms with van der Waals surface area (Å²) in [6, 6.07) is 3.71. The van der Waals surface area contributed by atoms with Crippen LogP contribution in [0.3, 0.4) is 0 Å². The minimum absolute atomic E-state index is 0.0414. The molecule has 2 N–H and O–H groups in total. The summed E-state index contributed by atoms with van der Waals surface area (Å²) in [7, 11) is 0. The van der Waals surface area contributed by atoms with Crippen LogP contribution in [0.5, 0.6) is 0 Å². The SMILES string of the molecule is CC(=O)C(Br)c1cccc(C(O)C(=O)O)c1C(F)F. The molecule has 0 aliphatic carbocycles. The molecule has 0 heterocycles. The molecule has 0 fully saturated rings. The molecule has 0 saturated heterocycles. The molecule has 2 atom stereocenters. The maximum atomic E-state index is 13.1. The summed E-state index contributed by atoms with van der Waals surface area (Å²) in [6.07, 6.45) is -5.06. The predicted octanol–water partition coefficient (Wildman–Crippen LogP) is 2.77. The first-order valence-electron chi connectivity index (χ1n) is 5.23. The Morgan fingerprint density at radius 3 is 2.21 bits per heavy atom. The van der Waals surface area contributed by atoms with Crippen LogP contribution < -0.4 is 0 Å². The second-order valence-corrected chi connectivity index (χ2v) is 4.78. The Balaban J connectivity index is 3.46. The maximum Gasteiger partial charge on any atom is 0.337 e. The van der Waals surface area contributed by atoms with Crippen molar-refractivity contribution in [2.75, 3.05) is 0 Å². The number of ketones is 1. The third kappa shape index (κ3) is 3.36. The molecule has 2 unspecified atom stereocenters. The van der Waals surface area contributed by atoms with Crippen molar-refractivity contribution < 1.29 is 28.6 Å². The van der Waals surface area contributed by atoms with Crippen molar-refractivity contribution in [2.24, 2.45) is 0 Å². The molecule has 4 nitrogen and oxygen atoms in total. The van der Waals surface area contributed by atoms with Gasteiger partial charge in [0.15, 0.2) is 6.10 Å². The molecular formula is C12H11BrF2O4. The molecule has 0 bridgehead atoms. The second-order valence-electron chi connectivity index (χ2n) is 3.86. The van der Waals surface area contributed by atoms with E-state index < -0.39 is 40.2 Å². The van der Waals surface area contributed by atoms with Gasteiger partial charge in [-0.25, -0.2) is 13.6 Å². The van der Waals surface area contributed by atoms with Gasteiger partial charge in [-0.2, -0.15) is 0 Å². The number of rotatable bonds is 5. The van der Waals surface area contributed by atoms with Gasteiger partial charge in [-0.15, -0.1) is 0 Å². The Bertz CT molecular complexity index is 466. The number of hydrogen-bond acceptors (Lipinski definition) is 3. The lowest BCUT2D eigenvalue weighted by Crippen LogP contribution is -2.15. The van der Waals surface area contributed by atoms with Gasteiger partial charge in [-0.1, -0.05) is 34.1 Å². The number of hydrogen-bond donors (Lipinski definition) is 2. The van der Waals surface area contributed by atoms with Crippen molar-refractivity contribution in [3.8, 4) is 0 Å². The number of carbonyl (C=O) groups excluding carboxylic acids is 1. The van der Waals surface area contributed by atoms with Crippen LogP contribution in [0.25, 0.3) is 0 Å². The smallest absolute Gasteiger partial charge is 0.337 e. The number of Topliss-reactive ketones (excluding diaryl/α,β-unsaturated/α-hetero) is 1. The summed E-state index contributed by atoms with van der Waals surface area (Å²) in [6.45, 7) is 1.22. The van der Waals surface area contributed by atoms with Crippen molar-refractivity contribution in [1.82, 2.24) is 0 Å². The molecule has 104 valence electrons. The number of carboxylic acids is 1. The van der Waals surface area contributed by atoms with Crippen LogP contribution in [0.15, 0.2) is 18.2 Å². The van der Waals surface area contributed by atoms with Crippen LogP contribution in [0, 0.1) is 0 Å². The molecule has 0 saturated carbocycles. The van der Waals surface area contributed by atoms with Gasteiger partial charge in [0.2, 0.25) is 0 Å². The van der Waals surface area contributed by atoms with Crippen LogP contribution in [0.2, 0.25) is 0 Å². The zero-order chi connectivity index (χ0) is 14.7. The van der Waals surface area contributed by atoms with Gasteiger partial charge in [-0.3, -0.25) is 4.79 Å². The van der Waals surface area contributed by atoms with E-state index in [1.807, 2.05) is 0 Å². The van der Waals surface area contributed by atoms with Gasteiger partial charge >= 0.3 is 5.97 Å². The fourth-order valence-electron chi connectivity index (χ4n) is 1.67. The molecule has 0 aromatic heterocycles. The molecule has 1 aromatic rings. The zero-order valence-corrected chi connectivity index (χ0v) is 11.4. The van der Waals surface area contributed by atoms with Crippen LogP contribution in [0.4, 0.5) is 8.78 Å². The molecule has 0 amide bonds. The number of aliphatic hydroxyl groups is 1. The molecule has 0 aliphatic rings. The van der Waals surface area contributed by atoms with E-state index in [-0.39, 0.29) is 5.56 Å². The van der Waals surface area contributed by atoms with Crippen LogP contribution >= 0.6 is 15.9 Å². The number of benzene rings is 1. The first-order chi connectivity index (χ1) is 8.77. The van der Waals surface area contributed by atoms with E-state index in [4.69, 9.17) is 5.11 Å². The van der Waals surface area contributed by atoms with E-state index in [1.165, 1.54) is 19.1 Å². The zero-order valence-electron chi connectivity index (χ0n) is 9.81. The number of aliphatic hydroxyl groups excluding tert-OH is 1. The van der Waals surface area contributed by atoms with E-state index in [0.717, 1.165) is 6.07 Å². The third-order valence-electron chi connectivity index (χ3n) is 2.55. The summed E-state index contributed by atoms with van der Waals surface area (Å²) in [5, 5.41) is 18.1. The fraction of sp³-hybridized carbons (Fsp3) is 0.333. The van der Waals surface area contributed by atoms with Gasteiger partial charge < -0.3 is 10.2 Å². The van der Waals surface area contributed by atoms with Gasteiger partial charge in [-0.05, 0) is 12.5 Å². The Morgan fingerprint density at radius 2 is 1.79 bits per heavy atom. The Morgan fingerprint density at radius 1 is 1.26 bits per heavy atom. The van der Waals surface area contributed by atoms with E-state index in [2.05, 4.69) is 15.9 Å². The average molecular weight is 337 g/mol. The second kappa shape index (κ2) is 6.21. The molecule has 1 aromatic carbocycles.